The molecule has 0 saturated heterocycles. The van der Waals surface area contributed by atoms with Crippen LogP contribution in [0.4, 0.5) is 0 Å². The first-order valence-corrected chi connectivity index (χ1v) is 12.9. The van der Waals surface area contributed by atoms with Gasteiger partial charge in [0.1, 0.15) is 5.75 Å². The van der Waals surface area contributed by atoms with Crippen LogP contribution >= 0.6 is 0 Å². The van der Waals surface area contributed by atoms with Gasteiger partial charge < -0.3 is 14.7 Å². The van der Waals surface area contributed by atoms with Gasteiger partial charge in [-0.3, -0.25) is 4.90 Å². The van der Waals surface area contributed by atoms with Gasteiger partial charge >= 0.3 is 0 Å². The molecule has 0 spiro atoms. The predicted molar refractivity (Wildman–Crippen MR) is 150 cm³/mol. The molecule has 1 N–H and O–H groups in total. The highest BCUT2D eigenvalue weighted by atomic mass is 16.5. The molecule has 6 heteroatoms. The van der Waals surface area contributed by atoms with E-state index in [0.29, 0.717) is 25.4 Å². The van der Waals surface area contributed by atoms with Crippen LogP contribution in [0.1, 0.15) is 22.4 Å². The Morgan fingerprint density at radius 1 is 0.892 bits per heavy atom. The van der Waals surface area contributed by atoms with Gasteiger partial charge in [-0.05, 0) is 69.8 Å². The summed E-state index contributed by atoms with van der Waals surface area (Å²) < 4.78 is 8.41. The Labute approximate surface area is 220 Å². The van der Waals surface area contributed by atoms with Crippen molar-refractivity contribution in [2.75, 3.05) is 33.7 Å². The molecule has 0 aliphatic carbocycles. The van der Waals surface area contributed by atoms with Crippen LogP contribution in [0.15, 0.2) is 84.9 Å². The molecule has 0 radical (unpaired) electrons. The quantitative estimate of drug-likeness (QED) is 0.289. The van der Waals surface area contributed by atoms with Crippen molar-refractivity contribution in [2.45, 2.75) is 32.9 Å². The number of hydrogen-bond donors (Lipinski definition) is 1. The number of hydrogen-bond acceptors (Lipinski definition) is 5. The molecule has 1 aromatic heterocycles. The van der Waals surface area contributed by atoms with Gasteiger partial charge in [-0.2, -0.15) is 5.10 Å². The largest absolute Gasteiger partial charge is 0.439 e. The van der Waals surface area contributed by atoms with Crippen molar-refractivity contribution in [3.63, 3.8) is 0 Å². The first-order chi connectivity index (χ1) is 17.9. The second kappa shape index (κ2) is 12.7. The monoisotopic (exact) mass is 498 g/mol. The summed E-state index contributed by atoms with van der Waals surface area (Å²) in [5.74, 6) is 1.49. The van der Waals surface area contributed by atoms with E-state index in [2.05, 4.69) is 49.0 Å². The molecule has 6 nitrogen and oxygen atoms in total. The minimum atomic E-state index is -0.477. The molecule has 1 atom stereocenters. The van der Waals surface area contributed by atoms with Crippen LogP contribution in [0.3, 0.4) is 0 Å². The van der Waals surface area contributed by atoms with Crippen LogP contribution in [-0.2, 0) is 13.0 Å². The van der Waals surface area contributed by atoms with Crippen LogP contribution in [0.2, 0.25) is 0 Å². The summed E-state index contributed by atoms with van der Waals surface area (Å²) >= 11 is 0. The zero-order valence-electron chi connectivity index (χ0n) is 22.3. The van der Waals surface area contributed by atoms with Gasteiger partial charge in [-0.25, -0.2) is 4.68 Å². The summed E-state index contributed by atoms with van der Waals surface area (Å²) in [5.41, 5.74) is 5.16. The lowest BCUT2D eigenvalue weighted by Crippen LogP contribution is -2.37. The van der Waals surface area contributed by atoms with Gasteiger partial charge in [0, 0.05) is 26.2 Å². The lowest BCUT2D eigenvalue weighted by molar-refractivity contribution is 0.103. The molecule has 194 valence electrons. The fourth-order valence-corrected chi connectivity index (χ4v) is 4.41. The average molecular weight is 499 g/mol. The third kappa shape index (κ3) is 7.52. The Morgan fingerprint density at radius 3 is 2.27 bits per heavy atom. The number of aryl methyl sites for hydroxylation is 2. The van der Waals surface area contributed by atoms with Crippen molar-refractivity contribution in [1.82, 2.24) is 19.6 Å². The molecule has 0 aliphatic rings. The number of benzene rings is 3. The Morgan fingerprint density at radius 2 is 1.59 bits per heavy atom. The maximum Gasteiger partial charge on any atom is 0.227 e. The van der Waals surface area contributed by atoms with Gasteiger partial charge in [-0.1, -0.05) is 60.7 Å². The van der Waals surface area contributed by atoms with Crippen LogP contribution < -0.4 is 4.74 Å². The first kappa shape index (κ1) is 26.6. The molecule has 4 rings (SSSR count). The summed E-state index contributed by atoms with van der Waals surface area (Å²) in [6, 6.07) is 28.3. The molecular weight excluding hydrogens is 460 g/mol. The van der Waals surface area contributed by atoms with Gasteiger partial charge in [0.2, 0.25) is 5.88 Å². The summed E-state index contributed by atoms with van der Waals surface area (Å²) in [6.45, 7) is 6.98. The van der Waals surface area contributed by atoms with Gasteiger partial charge in [0.25, 0.3) is 0 Å². The minimum absolute atomic E-state index is 0.477. The summed E-state index contributed by atoms with van der Waals surface area (Å²) in [6.07, 6.45) is 0.143. The van der Waals surface area contributed by atoms with E-state index >= 15 is 0 Å². The maximum atomic E-state index is 11.0. The van der Waals surface area contributed by atoms with E-state index in [4.69, 9.17) is 9.84 Å². The third-order valence-corrected chi connectivity index (χ3v) is 6.37. The van der Waals surface area contributed by atoms with E-state index in [1.807, 2.05) is 78.3 Å². The molecule has 0 aliphatic heterocycles. The Kier molecular flexibility index (Phi) is 9.12. The summed E-state index contributed by atoms with van der Waals surface area (Å²) in [7, 11) is 4.15. The number of aromatic nitrogens is 2. The topological polar surface area (TPSA) is 53.8 Å². The predicted octanol–water partition coefficient (Wildman–Crippen LogP) is 5.25. The molecule has 0 bridgehead atoms. The standard InChI is InChI=1S/C31H38N4O2/c1-24-12-11-17-29(20-24)37-31-30(25(2)32-35(31)27-15-9-6-10-16-27)23-34(19-18-33(3)4)22-28(36)21-26-13-7-5-8-14-26/h5-17,20,28,36H,18-19,21-23H2,1-4H3. The molecule has 0 fully saturated rings. The van der Waals surface area contributed by atoms with E-state index in [9.17, 15) is 5.11 Å². The third-order valence-electron chi connectivity index (χ3n) is 6.37. The second-order valence-corrected chi connectivity index (χ2v) is 9.92. The summed E-state index contributed by atoms with van der Waals surface area (Å²) in [4.78, 5) is 4.47. The zero-order chi connectivity index (χ0) is 26.2. The van der Waals surface area contributed by atoms with Crippen LogP contribution in [0.25, 0.3) is 5.69 Å². The second-order valence-electron chi connectivity index (χ2n) is 9.92. The van der Waals surface area contributed by atoms with Crippen molar-refractivity contribution in [3.05, 3.63) is 107 Å². The molecular formula is C31H38N4O2. The van der Waals surface area contributed by atoms with E-state index in [-0.39, 0.29) is 0 Å². The zero-order valence-corrected chi connectivity index (χ0v) is 22.3. The van der Waals surface area contributed by atoms with E-state index in [1.54, 1.807) is 0 Å². The fourth-order valence-electron chi connectivity index (χ4n) is 4.41. The Hall–Kier alpha value is -3.45. The summed E-state index contributed by atoms with van der Waals surface area (Å²) in [5, 5.41) is 15.9. The van der Waals surface area contributed by atoms with Crippen molar-refractivity contribution in [3.8, 4) is 17.3 Å². The van der Waals surface area contributed by atoms with Gasteiger partial charge in [0.05, 0.1) is 23.0 Å². The van der Waals surface area contributed by atoms with Crippen LogP contribution in [-0.4, -0.2) is 64.5 Å². The lowest BCUT2D eigenvalue weighted by Gasteiger charge is -2.27. The number of rotatable bonds is 12. The molecule has 1 heterocycles. The highest BCUT2D eigenvalue weighted by molar-refractivity contribution is 5.43. The Bertz CT molecular complexity index is 1250. The first-order valence-electron chi connectivity index (χ1n) is 12.9. The maximum absolute atomic E-state index is 11.0. The molecule has 37 heavy (non-hydrogen) atoms. The molecule has 4 aromatic rings. The SMILES string of the molecule is Cc1cccc(Oc2c(CN(CCN(C)C)CC(O)Cc3ccccc3)c(C)nn2-c2ccccc2)c1. The molecule has 0 saturated carbocycles. The van der Waals surface area contributed by atoms with Crippen molar-refractivity contribution < 1.29 is 9.84 Å². The molecule has 3 aromatic carbocycles. The van der Waals surface area contributed by atoms with Gasteiger partial charge in [-0.15, -0.1) is 0 Å². The van der Waals surface area contributed by atoms with Crippen molar-refractivity contribution in [2.24, 2.45) is 0 Å². The van der Waals surface area contributed by atoms with E-state index < -0.39 is 6.10 Å². The molecule has 1 unspecified atom stereocenters. The van der Waals surface area contributed by atoms with Crippen molar-refractivity contribution in [1.29, 1.82) is 0 Å². The van der Waals surface area contributed by atoms with Crippen LogP contribution in [0.5, 0.6) is 11.6 Å². The number of likely N-dealkylation sites (N-methyl/N-ethyl adjacent to an activating group) is 1. The van der Waals surface area contributed by atoms with Crippen LogP contribution in [0, 0.1) is 13.8 Å². The van der Waals surface area contributed by atoms with E-state index in [1.165, 1.54) is 0 Å². The number of nitrogens with zero attached hydrogens (tertiary/aromatic N) is 4. The normalized spacial score (nSPS) is 12.3. The smallest absolute Gasteiger partial charge is 0.227 e. The fraction of sp³-hybridized carbons (Fsp3) is 0.323. The lowest BCUT2D eigenvalue weighted by atomic mass is 10.1. The van der Waals surface area contributed by atoms with Crippen molar-refractivity contribution >= 4 is 0 Å². The number of para-hydroxylation sites is 1. The Balaban J connectivity index is 1.64. The highest BCUT2D eigenvalue weighted by Crippen LogP contribution is 2.32. The average Bonchev–Trinajstić information content (AvgIpc) is 3.18. The number of aliphatic hydroxyl groups is 1. The number of ether oxygens (including phenoxy) is 1. The minimum Gasteiger partial charge on any atom is -0.439 e. The molecule has 0 amide bonds. The number of aliphatic hydroxyl groups excluding tert-OH is 1. The highest BCUT2D eigenvalue weighted by Gasteiger charge is 2.23. The van der Waals surface area contributed by atoms with Gasteiger partial charge in [0.15, 0.2) is 0 Å². The van der Waals surface area contributed by atoms with E-state index in [0.717, 1.165) is 46.9 Å².